The number of rotatable bonds is 4. The van der Waals surface area contributed by atoms with Gasteiger partial charge in [-0.05, 0) is 31.0 Å². The molecule has 1 N–H and O–H groups in total. The van der Waals surface area contributed by atoms with E-state index in [1.54, 1.807) is 23.2 Å². The smallest absolute Gasteiger partial charge is 0.260 e. The van der Waals surface area contributed by atoms with E-state index in [2.05, 4.69) is 10.2 Å². The molecule has 3 rings (SSSR count). The van der Waals surface area contributed by atoms with E-state index in [1.165, 1.54) is 12.1 Å². The molecule has 6 heteroatoms. The third-order valence-electron chi connectivity index (χ3n) is 3.89. The van der Waals surface area contributed by atoms with Crippen molar-refractivity contribution >= 4 is 5.91 Å². The van der Waals surface area contributed by atoms with Gasteiger partial charge in [-0.3, -0.25) is 9.89 Å². The van der Waals surface area contributed by atoms with E-state index >= 15 is 0 Å². The Labute approximate surface area is 128 Å². The fourth-order valence-electron chi connectivity index (χ4n) is 2.74. The third kappa shape index (κ3) is 3.44. The number of nitrogens with one attached hydrogen (secondary N) is 1. The van der Waals surface area contributed by atoms with Crippen molar-refractivity contribution in [3.05, 3.63) is 48.0 Å². The van der Waals surface area contributed by atoms with Crippen LogP contribution in [0, 0.1) is 5.82 Å². The van der Waals surface area contributed by atoms with Crippen molar-refractivity contribution < 1.29 is 13.9 Å². The molecule has 0 spiro atoms. The van der Waals surface area contributed by atoms with Crippen LogP contribution in [0.4, 0.5) is 4.39 Å². The molecule has 0 saturated carbocycles. The first-order valence-corrected chi connectivity index (χ1v) is 7.38. The minimum Gasteiger partial charge on any atom is -0.484 e. The van der Waals surface area contributed by atoms with Crippen LogP contribution in [0.2, 0.25) is 0 Å². The van der Waals surface area contributed by atoms with Crippen LogP contribution in [0.25, 0.3) is 0 Å². The van der Waals surface area contributed by atoms with Gasteiger partial charge in [0.15, 0.2) is 6.61 Å². The number of ether oxygens (including phenoxy) is 1. The van der Waals surface area contributed by atoms with Crippen LogP contribution in [0.15, 0.2) is 36.5 Å². The van der Waals surface area contributed by atoms with Gasteiger partial charge in [0.05, 0.1) is 0 Å². The number of hydrogen-bond acceptors (Lipinski definition) is 3. The van der Waals surface area contributed by atoms with E-state index in [1.807, 2.05) is 6.07 Å². The first-order chi connectivity index (χ1) is 10.7. The Bertz CT molecular complexity index is 630. The molecule has 0 radical (unpaired) electrons. The largest absolute Gasteiger partial charge is 0.484 e. The van der Waals surface area contributed by atoms with Crippen molar-refractivity contribution in [2.45, 2.75) is 18.8 Å². The highest BCUT2D eigenvalue weighted by Crippen LogP contribution is 2.25. The van der Waals surface area contributed by atoms with Gasteiger partial charge in [-0.1, -0.05) is 6.07 Å². The summed E-state index contributed by atoms with van der Waals surface area (Å²) in [4.78, 5) is 14.1. The Balaban J connectivity index is 1.55. The summed E-state index contributed by atoms with van der Waals surface area (Å²) in [5, 5.41) is 6.93. The highest BCUT2D eigenvalue weighted by atomic mass is 19.1. The van der Waals surface area contributed by atoms with E-state index in [-0.39, 0.29) is 24.2 Å². The molecule has 22 heavy (non-hydrogen) atoms. The topological polar surface area (TPSA) is 58.2 Å². The molecule has 0 aliphatic carbocycles. The van der Waals surface area contributed by atoms with E-state index < -0.39 is 0 Å². The standard InChI is InChI=1S/C16H18FN3O2/c17-13-4-1-5-14(9-13)22-11-16(21)20-8-2-3-12(10-20)15-6-7-18-19-15/h1,4-7,9,12H,2-3,8,10-11H2,(H,18,19)/t12-/m0/s1. The number of benzene rings is 1. The molecule has 1 aromatic carbocycles. The molecule has 1 aliphatic rings. The lowest BCUT2D eigenvalue weighted by molar-refractivity contribution is -0.134. The molecule has 1 amide bonds. The van der Waals surface area contributed by atoms with Gasteiger partial charge in [-0.2, -0.15) is 5.10 Å². The zero-order chi connectivity index (χ0) is 15.4. The summed E-state index contributed by atoms with van der Waals surface area (Å²) >= 11 is 0. The number of H-pyrrole nitrogens is 1. The number of piperidine rings is 1. The van der Waals surface area contributed by atoms with Crippen LogP contribution in [-0.4, -0.2) is 40.7 Å². The maximum absolute atomic E-state index is 13.1. The van der Waals surface area contributed by atoms with Crippen LogP contribution in [0.3, 0.4) is 0 Å². The Kier molecular flexibility index (Phi) is 4.37. The van der Waals surface area contributed by atoms with E-state index in [9.17, 15) is 9.18 Å². The van der Waals surface area contributed by atoms with Gasteiger partial charge in [-0.25, -0.2) is 4.39 Å². The molecular formula is C16H18FN3O2. The molecule has 1 aliphatic heterocycles. The number of hydrogen-bond donors (Lipinski definition) is 1. The first kappa shape index (κ1) is 14.6. The molecule has 1 atom stereocenters. The lowest BCUT2D eigenvalue weighted by Gasteiger charge is -2.32. The fourth-order valence-corrected chi connectivity index (χ4v) is 2.74. The second-order valence-corrected chi connectivity index (χ2v) is 5.44. The molecule has 1 saturated heterocycles. The average molecular weight is 303 g/mol. The van der Waals surface area contributed by atoms with Crippen molar-refractivity contribution in [1.82, 2.24) is 15.1 Å². The summed E-state index contributed by atoms with van der Waals surface area (Å²) < 4.78 is 18.4. The summed E-state index contributed by atoms with van der Waals surface area (Å²) in [7, 11) is 0. The minimum absolute atomic E-state index is 0.0703. The molecule has 2 heterocycles. The van der Waals surface area contributed by atoms with Gasteiger partial charge in [0.2, 0.25) is 0 Å². The summed E-state index contributed by atoms with van der Waals surface area (Å²) in [5.74, 6) is 0.209. The van der Waals surface area contributed by atoms with Gasteiger partial charge in [-0.15, -0.1) is 0 Å². The van der Waals surface area contributed by atoms with Gasteiger partial charge in [0, 0.05) is 37.0 Å². The summed E-state index contributed by atoms with van der Waals surface area (Å²) in [6, 6.07) is 7.76. The van der Waals surface area contributed by atoms with Crippen LogP contribution < -0.4 is 4.74 Å². The van der Waals surface area contributed by atoms with E-state index in [0.717, 1.165) is 25.1 Å². The summed E-state index contributed by atoms with van der Waals surface area (Å²) in [5.41, 5.74) is 1.06. The van der Waals surface area contributed by atoms with E-state index in [0.29, 0.717) is 12.3 Å². The number of likely N-dealkylation sites (tertiary alicyclic amines) is 1. The average Bonchev–Trinajstić information content (AvgIpc) is 3.07. The number of halogens is 1. The number of nitrogens with zero attached hydrogens (tertiary/aromatic N) is 2. The summed E-state index contributed by atoms with van der Waals surface area (Å²) in [6.45, 7) is 1.32. The van der Waals surface area contributed by atoms with Gasteiger partial charge in [0.25, 0.3) is 5.91 Å². The maximum Gasteiger partial charge on any atom is 0.260 e. The number of carbonyl (C=O) groups is 1. The normalized spacial score (nSPS) is 18.2. The van der Waals surface area contributed by atoms with E-state index in [4.69, 9.17) is 4.74 Å². The predicted molar refractivity (Wildman–Crippen MR) is 79.0 cm³/mol. The zero-order valence-corrected chi connectivity index (χ0v) is 12.2. The molecular weight excluding hydrogens is 285 g/mol. The van der Waals surface area contributed by atoms with Gasteiger partial charge < -0.3 is 9.64 Å². The van der Waals surface area contributed by atoms with Gasteiger partial charge >= 0.3 is 0 Å². The second kappa shape index (κ2) is 6.60. The van der Waals surface area contributed by atoms with Crippen molar-refractivity contribution in [2.75, 3.05) is 19.7 Å². The Morgan fingerprint density at radius 2 is 2.36 bits per heavy atom. The fraction of sp³-hybridized carbons (Fsp3) is 0.375. The van der Waals surface area contributed by atoms with Crippen LogP contribution in [0.5, 0.6) is 5.75 Å². The minimum atomic E-state index is -0.373. The molecule has 1 aromatic heterocycles. The quantitative estimate of drug-likeness (QED) is 0.943. The number of aromatic nitrogens is 2. The molecule has 0 bridgehead atoms. The molecule has 1 fully saturated rings. The van der Waals surface area contributed by atoms with Crippen LogP contribution in [0.1, 0.15) is 24.5 Å². The van der Waals surface area contributed by atoms with Crippen molar-refractivity contribution in [2.24, 2.45) is 0 Å². The SMILES string of the molecule is O=C(COc1cccc(F)c1)N1CCC[C@H](c2ccn[nH]2)C1. The number of amides is 1. The number of carbonyl (C=O) groups excluding carboxylic acids is 1. The molecule has 5 nitrogen and oxygen atoms in total. The highest BCUT2D eigenvalue weighted by molar-refractivity contribution is 5.78. The Hall–Kier alpha value is -2.37. The highest BCUT2D eigenvalue weighted by Gasteiger charge is 2.25. The lowest BCUT2D eigenvalue weighted by atomic mass is 9.95. The monoisotopic (exact) mass is 303 g/mol. The Morgan fingerprint density at radius 3 is 3.14 bits per heavy atom. The van der Waals surface area contributed by atoms with Crippen LogP contribution >= 0.6 is 0 Å². The lowest BCUT2D eigenvalue weighted by Crippen LogP contribution is -2.41. The number of aromatic amines is 1. The van der Waals surface area contributed by atoms with Crippen molar-refractivity contribution in [3.63, 3.8) is 0 Å². The Morgan fingerprint density at radius 1 is 1.45 bits per heavy atom. The van der Waals surface area contributed by atoms with Crippen molar-refractivity contribution in [1.29, 1.82) is 0 Å². The molecule has 0 unspecified atom stereocenters. The third-order valence-corrected chi connectivity index (χ3v) is 3.89. The second-order valence-electron chi connectivity index (χ2n) is 5.44. The van der Waals surface area contributed by atoms with Crippen LogP contribution in [-0.2, 0) is 4.79 Å². The zero-order valence-electron chi connectivity index (χ0n) is 12.2. The molecule has 2 aromatic rings. The first-order valence-electron chi connectivity index (χ1n) is 7.38. The predicted octanol–water partition coefficient (Wildman–Crippen LogP) is 2.33. The maximum atomic E-state index is 13.1. The van der Waals surface area contributed by atoms with Crippen molar-refractivity contribution in [3.8, 4) is 5.75 Å². The van der Waals surface area contributed by atoms with Gasteiger partial charge in [0.1, 0.15) is 11.6 Å². The summed E-state index contributed by atoms with van der Waals surface area (Å²) in [6.07, 6.45) is 3.72. The molecule has 116 valence electrons.